The molecular weight excluding hydrogens is 288 g/mol. The molecule has 0 fully saturated rings. The van der Waals surface area contributed by atoms with Crippen molar-refractivity contribution >= 4 is 23.2 Å². The van der Waals surface area contributed by atoms with Crippen LogP contribution in [0.15, 0.2) is 29.6 Å². The van der Waals surface area contributed by atoms with Crippen molar-refractivity contribution in [1.82, 2.24) is 10.3 Å². The summed E-state index contributed by atoms with van der Waals surface area (Å²) in [7, 11) is 1.27. The molecule has 0 atom stereocenters. The molecule has 0 radical (unpaired) electrons. The van der Waals surface area contributed by atoms with Gasteiger partial charge in [0.25, 0.3) is 5.91 Å². The number of aromatic nitrogens is 1. The van der Waals surface area contributed by atoms with Crippen LogP contribution in [0.5, 0.6) is 0 Å². The van der Waals surface area contributed by atoms with Gasteiger partial charge in [-0.2, -0.15) is 0 Å². The van der Waals surface area contributed by atoms with Crippen LogP contribution in [0.2, 0.25) is 0 Å². The maximum absolute atomic E-state index is 11.8. The Hall–Kier alpha value is -2.21. The van der Waals surface area contributed by atoms with E-state index in [2.05, 4.69) is 15.0 Å². The molecule has 2 aromatic rings. The molecule has 0 unspecified atom stereocenters. The van der Waals surface area contributed by atoms with Crippen LogP contribution in [0.25, 0.3) is 0 Å². The zero-order valence-electron chi connectivity index (χ0n) is 11.9. The summed E-state index contributed by atoms with van der Waals surface area (Å²) in [6.07, 6.45) is 0.690. The zero-order valence-corrected chi connectivity index (χ0v) is 12.7. The fourth-order valence-electron chi connectivity index (χ4n) is 1.69. The predicted molar refractivity (Wildman–Crippen MR) is 80.4 cm³/mol. The van der Waals surface area contributed by atoms with Crippen molar-refractivity contribution in [3.05, 3.63) is 51.5 Å². The third kappa shape index (κ3) is 4.39. The quantitative estimate of drug-likeness (QED) is 0.857. The highest BCUT2D eigenvalue weighted by Crippen LogP contribution is 2.15. The lowest BCUT2D eigenvalue weighted by Crippen LogP contribution is -2.30. The number of aryl methyl sites for hydroxylation is 1. The Morgan fingerprint density at radius 3 is 2.67 bits per heavy atom. The number of hydrogen-bond acceptors (Lipinski definition) is 5. The van der Waals surface area contributed by atoms with Crippen LogP contribution in [-0.2, 0) is 16.0 Å². The number of carbonyl (C=O) groups excluding carboxylic acids is 2. The number of thiazole rings is 1. The molecule has 0 aliphatic rings. The summed E-state index contributed by atoms with van der Waals surface area (Å²) >= 11 is 1.43. The number of rotatable bonds is 5. The molecule has 0 aliphatic carbocycles. The van der Waals surface area contributed by atoms with Gasteiger partial charge in [-0.1, -0.05) is 29.8 Å². The van der Waals surface area contributed by atoms with Gasteiger partial charge in [-0.05, 0) is 12.5 Å². The van der Waals surface area contributed by atoms with Gasteiger partial charge in [0.2, 0.25) is 0 Å². The van der Waals surface area contributed by atoms with E-state index in [1.165, 1.54) is 24.0 Å². The van der Waals surface area contributed by atoms with Gasteiger partial charge in [-0.3, -0.25) is 9.59 Å². The van der Waals surface area contributed by atoms with Crippen molar-refractivity contribution in [2.24, 2.45) is 0 Å². The Morgan fingerprint density at radius 2 is 2.00 bits per heavy atom. The lowest BCUT2D eigenvalue weighted by molar-refractivity contribution is -0.139. The molecular formula is C15H16N2O3S. The molecule has 1 heterocycles. The van der Waals surface area contributed by atoms with Crippen molar-refractivity contribution in [2.75, 3.05) is 13.7 Å². The molecule has 1 amide bonds. The van der Waals surface area contributed by atoms with Gasteiger partial charge in [0.05, 0.1) is 12.1 Å². The molecule has 110 valence electrons. The highest BCUT2D eigenvalue weighted by Gasteiger charge is 2.12. The Bertz CT molecular complexity index is 635. The smallest absolute Gasteiger partial charge is 0.325 e. The van der Waals surface area contributed by atoms with Gasteiger partial charge >= 0.3 is 5.97 Å². The molecule has 0 saturated heterocycles. The molecule has 6 heteroatoms. The standard InChI is InChI=1S/C15H16N2O3S/c1-10-3-5-11(6-4-10)7-13-17-12(9-21-13)15(19)16-8-14(18)20-2/h3-6,9H,7-8H2,1-2H3,(H,16,19). The number of benzene rings is 1. The zero-order chi connectivity index (χ0) is 15.2. The monoisotopic (exact) mass is 304 g/mol. The van der Waals surface area contributed by atoms with Gasteiger partial charge in [-0.25, -0.2) is 4.98 Å². The van der Waals surface area contributed by atoms with E-state index in [0.717, 1.165) is 10.6 Å². The lowest BCUT2D eigenvalue weighted by atomic mass is 10.1. The van der Waals surface area contributed by atoms with Crippen molar-refractivity contribution in [1.29, 1.82) is 0 Å². The topological polar surface area (TPSA) is 68.3 Å². The summed E-state index contributed by atoms with van der Waals surface area (Å²) in [5.41, 5.74) is 2.68. The van der Waals surface area contributed by atoms with E-state index in [9.17, 15) is 9.59 Å². The minimum Gasteiger partial charge on any atom is -0.468 e. The highest BCUT2D eigenvalue weighted by molar-refractivity contribution is 7.09. The van der Waals surface area contributed by atoms with Crippen molar-refractivity contribution in [3.63, 3.8) is 0 Å². The number of hydrogen-bond donors (Lipinski definition) is 1. The molecule has 21 heavy (non-hydrogen) atoms. The van der Waals surface area contributed by atoms with E-state index in [-0.39, 0.29) is 12.5 Å². The van der Waals surface area contributed by atoms with Gasteiger partial charge in [0, 0.05) is 11.8 Å². The molecule has 0 spiro atoms. The van der Waals surface area contributed by atoms with E-state index in [0.29, 0.717) is 12.1 Å². The number of esters is 1. The van der Waals surface area contributed by atoms with Crippen LogP contribution in [-0.4, -0.2) is 30.5 Å². The van der Waals surface area contributed by atoms with E-state index < -0.39 is 5.97 Å². The van der Waals surface area contributed by atoms with Crippen LogP contribution in [0.1, 0.15) is 26.6 Å². The molecule has 0 bridgehead atoms. The number of nitrogens with zero attached hydrogens (tertiary/aromatic N) is 1. The first-order valence-electron chi connectivity index (χ1n) is 6.43. The first-order valence-corrected chi connectivity index (χ1v) is 7.31. The van der Waals surface area contributed by atoms with Crippen LogP contribution in [0, 0.1) is 6.92 Å². The van der Waals surface area contributed by atoms with Crippen molar-refractivity contribution in [3.8, 4) is 0 Å². The molecule has 0 aliphatic heterocycles. The lowest BCUT2D eigenvalue weighted by Gasteiger charge is -2.01. The predicted octanol–water partition coefficient (Wildman–Crippen LogP) is 1.95. The van der Waals surface area contributed by atoms with Gasteiger partial charge in [0.1, 0.15) is 12.2 Å². The minimum atomic E-state index is -0.488. The average molecular weight is 304 g/mol. The summed E-state index contributed by atoms with van der Waals surface area (Å²) in [5, 5.41) is 5.02. The Balaban J connectivity index is 1.96. The van der Waals surface area contributed by atoms with E-state index in [1.807, 2.05) is 31.2 Å². The van der Waals surface area contributed by atoms with E-state index in [4.69, 9.17) is 0 Å². The Morgan fingerprint density at radius 1 is 1.29 bits per heavy atom. The minimum absolute atomic E-state index is 0.153. The molecule has 2 rings (SSSR count). The number of methoxy groups -OCH3 is 1. The summed E-state index contributed by atoms with van der Waals surface area (Å²) in [4.78, 5) is 27.1. The number of amides is 1. The first kappa shape index (κ1) is 15.2. The largest absolute Gasteiger partial charge is 0.468 e. The Kier molecular flexibility index (Phi) is 5.05. The summed E-state index contributed by atoms with van der Waals surface area (Å²) in [6, 6.07) is 8.20. The number of carbonyl (C=O) groups is 2. The fourth-order valence-corrected chi connectivity index (χ4v) is 2.50. The van der Waals surface area contributed by atoms with Crippen LogP contribution >= 0.6 is 11.3 Å². The summed E-state index contributed by atoms with van der Waals surface area (Å²) in [6.45, 7) is 1.89. The van der Waals surface area contributed by atoms with Gasteiger partial charge in [0.15, 0.2) is 0 Å². The van der Waals surface area contributed by atoms with E-state index >= 15 is 0 Å². The third-order valence-corrected chi connectivity index (χ3v) is 3.73. The summed E-state index contributed by atoms with van der Waals surface area (Å²) < 4.78 is 4.46. The van der Waals surface area contributed by atoms with Crippen LogP contribution < -0.4 is 5.32 Å². The SMILES string of the molecule is COC(=O)CNC(=O)c1csc(Cc2ccc(C)cc2)n1. The normalized spacial score (nSPS) is 10.2. The second kappa shape index (κ2) is 6.99. The van der Waals surface area contributed by atoms with Gasteiger partial charge in [-0.15, -0.1) is 11.3 Å². The maximum Gasteiger partial charge on any atom is 0.325 e. The van der Waals surface area contributed by atoms with Crippen molar-refractivity contribution in [2.45, 2.75) is 13.3 Å². The second-order valence-corrected chi connectivity index (χ2v) is 5.49. The van der Waals surface area contributed by atoms with Crippen molar-refractivity contribution < 1.29 is 14.3 Å². The third-order valence-electron chi connectivity index (χ3n) is 2.88. The molecule has 1 aromatic heterocycles. The Labute approximate surface area is 127 Å². The molecule has 0 saturated carbocycles. The average Bonchev–Trinajstić information content (AvgIpc) is 2.95. The van der Waals surface area contributed by atoms with Crippen LogP contribution in [0.4, 0.5) is 0 Å². The fraction of sp³-hybridized carbons (Fsp3) is 0.267. The molecule has 5 nitrogen and oxygen atoms in total. The summed E-state index contributed by atoms with van der Waals surface area (Å²) in [5.74, 6) is -0.856. The van der Waals surface area contributed by atoms with Gasteiger partial charge < -0.3 is 10.1 Å². The van der Waals surface area contributed by atoms with E-state index in [1.54, 1.807) is 5.38 Å². The number of nitrogens with one attached hydrogen (secondary N) is 1. The first-order chi connectivity index (χ1) is 10.1. The van der Waals surface area contributed by atoms with Crippen LogP contribution in [0.3, 0.4) is 0 Å². The highest BCUT2D eigenvalue weighted by atomic mass is 32.1. The maximum atomic E-state index is 11.8. The second-order valence-electron chi connectivity index (χ2n) is 4.55. The molecule has 1 aromatic carbocycles. The number of ether oxygens (including phenoxy) is 1. The molecule has 1 N–H and O–H groups in total.